The molecule has 4 nitrogen and oxygen atoms in total. The van der Waals surface area contributed by atoms with Crippen LogP contribution < -0.4 is 11.2 Å². The van der Waals surface area contributed by atoms with Crippen LogP contribution in [0.4, 0.5) is 0 Å². The molecule has 2 N–H and O–H groups in total. The number of rotatable bonds is 2. The monoisotopic (exact) mass is 204 g/mol. The number of hydrogen-bond acceptors (Lipinski definition) is 2. The fourth-order valence-corrected chi connectivity index (χ4v) is 1.73. The molecule has 0 saturated carbocycles. The lowest BCUT2D eigenvalue weighted by atomic mass is 10.1. The highest BCUT2D eigenvalue weighted by molar-refractivity contribution is 5.80. The first-order valence-electron chi connectivity index (χ1n) is 4.96. The van der Waals surface area contributed by atoms with E-state index in [1.165, 1.54) is 0 Å². The topological polar surface area (TPSA) is 65.7 Å². The van der Waals surface area contributed by atoms with Gasteiger partial charge in [-0.1, -0.05) is 25.5 Å². The zero-order chi connectivity index (χ0) is 10.8. The molecule has 0 bridgehead atoms. The molecule has 1 aromatic heterocycles. The minimum absolute atomic E-state index is 0.327. The van der Waals surface area contributed by atoms with E-state index in [2.05, 4.69) is 16.9 Å². The van der Waals surface area contributed by atoms with Crippen molar-refractivity contribution in [3.8, 4) is 0 Å². The lowest BCUT2D eigenvalue weighted by Gasteiger charge is -2.03. The van der Waals surface area contributed by atoms with Crippen LogP contribution >= 0.6 is 0 Å². The number of H-pyrrole nitrogens is 2. The van der Waals surface area contributed by atoms with Gasteiger partial charge in [0.1, 0.15) is 0 Å². The van der Waals surface area contributed by atoms with Gasteiger partial charge in [-0.2, -0.15) is 0 Å². The molecular formula is C11H12N2O2. The van der Waals surface area contributed by atoms with Crippen LogP contribution in [0, 0.1) is 0 Å². The zero-order valence-corrected chi connectivity index (χ0v) is 8.46. The van der Waals surface area contributed by atoms with Crippen molar-refractivity contribution >= 4 is 10.9 Å². The first-order chi connectivity index (χ1) is 7.22. The van der Waals surface area contributed by atoms with Gasteiger partial charge in [-0.3, -0.25) is 9.78 Å². The van der Waals surface area contributed by atoms with E-state index >= 15 is 0 Å². The van der Waals surface area contributed by atoms with Gasteiger partial charge in [-0.05, 0) is 18.1 Å². The predicted octanol–water partition coefficient (Wildman–Crippen LogP) is 1.17. The third kappa shape index (κ3) is 1.70. The van der Waals surface area contributed by atoms with Crippen LogP contribution in [0.2, 0.25) is 0 Å². The number of hydrogen-bond donors (Lipinski definition) is 2. The largest absolute Gasteiger partial charge is 0.326 e. The zero-order valence-electron chi connectivity index (χ0n) is 8.46. The van der Waals surface area contributed by atoms with Crippen LogP contribution in [-0.2, 0) is 6.42 Å². The van der Waals surface area contributed by atoms with Gasteiger partial charge in [0.2, 0.25) is 0 Å². The van der Waals surface area contributed by atoms with Gasteiger partial charge in [0, 0.05) is 0 Å². The van der Waals surface area contributed by atoms with Gasteiger partial charge in [-0.25, -0.2) is 4.79 Å². The maximum absolute atomic E-state index is 11.5. The molecule has 2 rings (SSSR count). The number of aromatic nitrogens is 2. The summed E-state index contributed by atoms with van der Waals surface area (Å²) >= 11 is 0. The van der Waals surface area contributed by atoms with Gasteiger partial charge < -0.3 is 4.98 Å². The number of fused-ring (bicyclic) bond motifs is 1. The van der Waals surface area contributed by atoms with Crippen molar-refractivity contribution in [2.24, 2.45) is 0 Å². The van der Waals surface area contributed by atoms with Crippen LogP contribution in [0.5, 0.6) is 0 Å². The number of benzene rings is 1. The van der Waals surface area contributed by atoms with E-state index in [0.717, 1.165) is 18.4 Å². The quantitative estimate of drug-likeness (QED) is 0.771. The molecule has 78 valence electrons. The van der Waals surface area contributed by atoms with Crippen molar-refractivity contribution in [1.82, 2.24) is 9.97 Å². The number of para-hydroxylation sites is 1. The second kappa shape index (κ2) is 3.73. The van der Waals surface area contributed by atoms with Crippen molar-refractivity contribution in [3.05, 3.63) is 44.6 Å². The molecule has 0 atom stereocenters. The second-order valence-electron chi connectivity index (χ2n) is 3.50. The first-order valence-corrected chi connectivity index (χ1v) is 4.96. The number of aryl methyl sites for hydroxylation is 1. The minimum Gasteiger partial charge on any atom is -0.307 e. The Morgan fingerprint density at radius 2 is 2.00 bits per heavy atom. The third-order valence-electron chi connectivity index (χ3n) is 2.38. The molecule has 15 heavy (non-hydrogen) atoms. The van der Waals surface area contributed by atoms with Crippen LogP contribution in [0.3, 0.4) is 0 Å². The average Bonchev–Trinajstić information content (AvgIpc) is 2.19. The summed E-state index contributed by atoms with van der Waals surface area (Å²) in [6.45, 7) is 2.06. The molecule has 1 aromatic carbocycles. The van der Waals surface area contributed by atoms with Gasteiger partial charge in [-0.15, -0.1) is 0 Å². The van der Waals surface area contributed by atoms with Crippen LogP contribution in [0.25, 0.3) is 10.9 Å². The van der Waals surface area contributed by atoms with Gasteiger partial charge in [0.15, 0.2) is 0 Å². The molecule has 0 unspecified atom stereocenters. The van der Waals surface area contributed by atoms with Gasteiger partial charge >= 0.3 is 5.69 Å². The van der Waals surface area contributed by atoms with Gasteiger partial charge in [0.05, 0.1) is 10.9 Å². The Morgan fingerprint density at radius 3 is 2.73 bits per heavy atom. The van der Waals surface area contributed by atoms with E-state index in [4.69, 9.17) is 0 Å². The molecule has 0 radical (unpaired) electrons. The molecule has 0 aliphatic heterocycles. The third-order valence-corrected chi connectivity index (χ3v) is 2.38. The van der Waals surface area contributed by atoms with E-state index in [1.807, 2.05) is 12.1 Å². The predicted molar refractivity (Wildman–Crippen MR) is 59.2 cm³/mol. The van der Waals surface area contributed by atoms with Crippen molar-refractivity contribution < 1.29 is 0 Å². The van der Waals surface area contributed by atoms with Gasteiger partial charge in [0.25, 0.3) is 5.56 Å². The van der Waals surface area contributed by atoms with Crippen molar-refractivity contribution in [1.29, 1.82) is 0 Å². The van der Waals surface area contributed by atoms with E-state index in [-0.39, 0.29) is 5.56 Å². The highest BCUT2D eigenvalue weighted by Crippen LogP contribution is 2.13. The fourth-order valence-electron chi connectivity index (χ4n) is 1.73. The molecule has 0 aliphatic rings. The van der Waals surface area contributed by atoms with Crippen LogP contribution in [0.1, 0.15) is 18.9 Å². The van der Waals surface area contributed by atoms with E-state index in [9.17, 15) is 9.59 Å². The highest BCUT2D eigenvalue weighted by atomic mass is 16.2. The maximum atomic E-state index is 11.5. The standard InChI is InChI=1S/C11H12N2O2/c1-2-4-7-5-3-6-8-9(7)12-11(15)13-10(8)14/h3,5-6H,2,4H2,1H3,(H2,12,13,14,15). The number of aromatic amines is 2. The summed E-state index contributed by atoms with van der Waals surface area (Å²) in [6, 6.07) is 5.48. The molecule has 0 amide bonds. The minimum atomic E-state index is -0.448. The summed E-state index contributed by atoms with van der Waals surface area (Å²) in [4.78, 5) is 27.5. The Balaban J connectivity index is 2.85. The van der Waals surface area contributed by atoms with E-state index in [1.54, 1.807) is 6.07 Å². The Labute approximate surface area is 86.0 Å². The normalized spacial score (nSPS) is 10.7. The van der Waals surface area contributed by atoms with Crippen molar-refractivity contribution in [2.45, 2.75) is 19.8 Å². The summed E-state index contributed by atoms with van der Waals surface area (Å²) in [6.07, 6.45) is 1.84. The molecular weight excluding hydrogens is 192 g/mol. The highest BCUT2D eigenvalue weighted by Gasteiger charge is 2.04. The Kier molecular flexibility index (Phi) is 2.41. The molecule has 0 aliphatic carbocycles. The molecule has 0 fully saturated rings. The lowest BCUT2D eigenvalue weighted by Crippen LogP contribution is -2.22. The number of nitrogens with one attached hydrogen (secondary N) is 2. The smallest absolute Gasteiger partial charge is 0.307 e. The maximum Gasteiger partial charge on any atom is 0.326 e. The fraction of sp³-hybridized carbons (Fsp3) is 0.273. The molecule has 4 heteroatoms. The first kappa shape index (κ1) is 9.71. The van der Waals surface area contributed by atoms with E-state index in [0.29, 0.717) is 10.9 Å². The molecule has 1 heterocycles. The SMILES string of the molecule is CCCc1cccc2c(=O)[nH]c(=O)[nH]c12. The van der Waals surface area contributed by atoms with E-state index < -0.39 is 5.69 Å². The summed E-state index contributed by atoms with van der Waals surface area (Å²) in [5.41, 5.74) is 0.897. The Bertz CT molecular complexity index is 595. The van der Waals surface area contributed by atoms with Crippen molar-refractivity contribution in [2.75, 3.05) is 0 Å². The summed E-state index contributed by atoms with van der Waals surface area (Å²) in [7, 11) is 0. The lowest BCUT2D eigenvalue weighted by molar-refractivity contribution is 0.922. The summed E-state index contributed by atoms with van der Waals surface area (Å²) in [5.74, 6) is 0. The molecule has 0 saturated heterocycles. The summed E-state index contributed by atoms with van der Waals surface area (Å²) < 4.78 is 0. The van der Waals surface area contributed by atoms with Crippen molar-refractivity contribution in [3.63, 3.8) is 0 Å². The second-order valence-corrected chi connectivity index (χ2v) is 3.50. The summed E-state index contributed by atoms with van der Waals surface area (Å²) in [5, 5.41) is 0.542. The Hall–Kier alpha value is -1.84. The molecule has 0 spiro atoms. The average molecular weight is 204 g/mol. The molecule has 2 aromatic rings. The Morgan fingerprint density at radius 1 is 1.20 bits per heavy atom. The van der Waals surface area contributed by atoms with Crippen LogP contribution in [-0.4, -0.2) is 9.97 Å². The van der Waals surface area contributed by atoms with Crippen LogP contribution in [0.15, 0.2) is 27.8 Å².